The molecule has 21 heavy (non-hydrogen) atoms. The minimum Gasteiger partial charge on any atom is -0.365 e. The lowest BCUT2D eigenvalue weighted by Crippen LogP contribution is -2.42. The van der Waals surface area contributed by atoms with Gasteiger partial charge < -0.3 is 5.32 Å². The molecule has 2 aliphatic heterocycles. The third-order valence-corrected chi connectivity index (χ3v) is 4.77. The molecule has 0 aromatic carbocycles. The molecule has 0 aliphatic carbocycles. The third kappa shape index (κ3) is 3.18. The molecule has 116 valence electrons. The van der Waals surface area contributed by atoms with Crippen molar-refractivity contribution in [1.29, 1.82) is 0 Å². The van der Waals surface area contributed by atoms with Gasteiger partial charge in [-0.05, 0) is 47.8 Å². The van der Waals surface area contributed by atoms with E-state index >= 15 is 0 Å². The molecule has 1 N–H and O–H groups in total. The van der Waals surface area contributed by atoms with Crippen LogP contribution in [0.15, 0.2) is 16.7 Å². The second kappa shape index (κ2) is 5.76. The summed E-state index contributed by atoms with van der Waals surface area (Å²) in [5.74, 6) is -0.0527. The van der Waals surface area contributed by atoms with Crippen LogP contribution in [0.1, 0.15) is 31.2 Å². The third-order valence-electron chi connectivity index (χ3n) is 4.34. The first-order chi connectivity index (χ1) is 9.95. The Kier molecular flexibility index (Phi) is 4.14. The van der Waals surface area contributed by atoms with E-state index in [1.54, 1.807) is 0 Å². The van der Waals surface area contributed by atoms with Crippen molar-refractivity contribution in [2.24, 2.45) is 0 Å². The van der Waals surface area contributed by atoms with Gasteiger partial charge in [0.25, 0.3) is 0 Å². The summed E-state index contributed by atoms with van der Waals surface area (Å²) < 4.78 is 39.7. The van der Waals surface area contributed by atoms with Crippen LogP contribution in [0.2, 0.25) is 0 Å². The quantitative estimate of drug-likeness (QED) is 0.863. The maximum atomic E-state index is 13.1. The van der Waals surface area contributed by atoms with E-state index in [1.807, 2.05) is 0 Å². The van der Waals surface area contributed by atoms with Gasteiger partial charge in [0.1, 0.15) is 5.82 Å². The summed E-state index contributed by atoms with van der Waals surface area (Å²) in [7, 11) is 0. The number of aromatic nitrogens is 1. The van der Waals surface area contributed by atoms with Gasteiger partial charge in [-0.2, -0.15) is 13.2 Å². The highest BCUT2D eigenvalue weighted by Crippen LogP contribution is 2.37. The minimum atomic E-state index is -4.40. The maximum Gasteiger partial charge on any atom is 0.419 e. The predicted molar refractivity (Wildman–Crippen MR) is 78.2 cm³/mol. The minimum absolute atomic E-state index is 0.0527. The fourth-order valence-corrected chi connectivity index (χ4v) is 3.69. The Bertz CT molecular complexity index is 521. The zero-order valence-corrected chi connectivity index (χ0v) is 13.0. The first kappa shape index (κ1) is 15.1. The van der Waals surface area contributed by atoms with E-state index in [2.05, 4.69) is 31.1 Å². The molecular weight excluding hydrogens is 347 g/mol. The Balaban J connectivity index is 1.82. The van der Waals surface area contributed by atoms with E-state index in [0.717, 1.165) is 38.4 Å². The molecule has 1 aromatic heterocycles. The van der Waals surface area contributed by atoms with Crippen LogP contribution in [0.4, 0.5) is 19.0 Å². The van der Waals surface area contributed by atoms with E-state index in [-0.39, 0.29) is 11.9 Å². The zero-order valence-electron chi connectivity index (χ0n) is 11.5. The van der Waals surface area contributed by atoms with Crippen LogP contribution in [0, 0.1) is 0 Å². The van der Waals surface area contributed by atoms with E-state index in [9.17, 15) is 13.2 Å². The highest BCUT2D eigenvalue weighted by molar-refractivity contribution is 9.10. The van der Waals surface area contributed by atoms with Crippen LogP contribution in [0.3, 0.4) is 0 Å². The zero-order chi connectivity index (χ0) is 15.0. The topological polar surface area (TPSA) is 28.2 Å². The van der Waals surface area contributed by atoms with Crippen LogP contribution in [-0.4, -0.2) is 35.1 Å². The Labute approximate surface area is 130 Å². The Morgan fingerprint density at radius 3 is 2.81 bits per heavy atom. The summed E-state index contributed by atoms with van der Waals surface area (Å²) in [4.78, 5) is 6.33. The summed E-state index contributed by atoms with van der Waals surface area (Å²) in [6, 6.07) is 1.48. The second-order valence-corrected chi connectivity index (χ2v) is 6.60. The average Bonchev–Trinajstić information content (AvgIpc) is 2.83. The predicted octanol–water partition coefficient (Wildman–Crippen LogP) is 3.90. The Morgan fingerprint density at radius 2 is 2.05 bits per heavy atom. The van der Waals surface area contributed by atoms with Crippen molar-refractivity contribution in [2.45, 2.75) is 43.9 Å². The fraction of sp³-hybridized carbons (Fsp3) is 0.643. The second-order valence-electron chi connectivity index (χ2n) is 5.69. The molecule has 0 bridgehead atoms. The number of fused-ring (bicyclic) bond motifs is 1. The van der Waals surface area contributed by atoms with Gasteiger partial charge in [0, 0.05) is 29.3 Å². The largest absolute Gasteiger partial charge is 0.419 e. The summed E-state index contributed by atoms with van der Waals surface area (Å²) in [5.41, 5.74) is -0.703. The van der Waals surface area contributed by atoms with Gasteiger partial charge in [0.2, 0.25) is 0 Å². The van der Waals surface area contributed by atoms with Crippen LogP contribution < -0.4 is 5.32 Å². The van der Waals surface area contributed by atoms with Crippen molar-refractivity contribution in [1.82, 2.24) is 9.88 Å². The van der Waals surface area contributed by atoms with Crippen LogP contribution >= 0.6 is 15.9 Å². The molecule has 0 saturated carbocycles. The van der Waals surface area contributed by atoms with E-state index < -0.39 is 11.7 Å². The number of alkyl halides is 3. The van der Waals surface area contributed by atoms with Crippen molar-refractivity contribution in [3.05, 3.63) is 22.3 Å². The van der Waals surface area contributed by atoms with Gasteiger partial charge in [-0.1, -0.05) is 6.42 Å². The lowest BCUT2D eigenvalue weighted by molar-refractivity contribution is -0.137. The molecule has 3 heterocycles. The average molecular weight is 364 g/mol. The number of nitrogens with zero attached hydrogens (tertiary/aromatic N) is 2. The van der Waals surface area contributed by atoms with E-state index in [4.69, 9.17) is 0 Å². The Morgan fingerprint density at radius 1 is 1.24 bits per heavy atom. The number of rotatable bonds is 2. The number of hydrogen-bond acceptors (Lipinski definition) is 3. The number of hydrogen-bond donors (Lipinski definition) is 1. The molecule has 0 amide bonds. The highest BCUT2D eigenvalue weighted by atomic mass is 79.9. The number of nitrogens with one attached hydrogen (secondary N) is 1. The van der Waals surface area contributed by atoms with Crippen molar-refractivity contribution >= 4 is 21.7 Å². The van der Waals surface area contributed by atoms with Crippen LogP contribution in [-0.2, 0) is 6.18 Å². The molecule has 7 heteroatoms. The van der Waals surface area contributed by atoms with Gasteiger partial charge in [-0.3, -0.25) is 4.90 Å². The monoisotopic (exact) mass is 363 g/mol. The van der Waals surface area contributed by atoms with Gasteiger partial charge in [0.15, 0.2) is 0 Å². The van der Waals surface area contributed by atoms with Crippen molar-refractivity contribution in [2.75, 3.05) is 18.4 Å². The standard InChI is InChI=1S/C14H17BrF3N3/c15-9-7-10(14(16,17)18)13(19-8-9)20-11-4-6-21-5-2-1-3-12(11)21/h7-8,11-12H,1-6H2,(H,19,20). The highest BCUT2D eigenvalue weighted by Gasteiger charge is 2.39. The molecule has 3 nitrogen and oxygen atoms in total. The molecule has 3 rings (SSSR count). The van der Waals surface area contributed by atoms with Crippen molar-refractivity contribution < 1.29 is 13.2 Å². The first-order valence-electron chi connectivity index (χ1n) is 7.18. The van der Waals surface area contributed by atoms with Gasteiger partial charge in [-0.25, -0.2) is 4.98 Å². The molecule has 1 aromatic rings. The number of piperidine rings is 1. The molecule has 2 unspecified atom stereocenters. The maximum absolute atomic E-state index is 13.1. The summed E-state index contributed by atoms with van der Waals surface area (Å²) in [6.07, 6.45) is 1.27. The molecule has 2 atom stereocenters. The Hall–Kier alpha value is -0.820. The lowest BCUT2D eigenvalue weighted by Gasteiger charge is -2.33. The van der Waals surface area contributed by atoms with Gasteiger partial charge in [0.05, 0.1) is 5.56 Å². The molecule has 2 fully saturated rings. The lowest BCUT2D eigenvalue weighted by atomic mass is 9.99. The van der Waals surface area contributed by atoms with E-state index in [0.29, 0.717) is 10.5 Å². The first-order valence-corrected chi connectivity index (χ1v) is 7.98. The fourth-order valence-electron chi connectivity index (χ4n) is 3.36. The van der Waals surface area contributed by atoms with Gasteiger partial charge >= 0.3 is 6.18 Å². The summed E-state index contributed by atoms with van der Waals surface area (Å²) in [6.45, 7) is 2.02. The van der Waals surface area contributed by atoms with Gasteiger partial charge in [-0.15, -0.1) is 0 Å². The summed E-state index contributed by atoms with van der Waals surface area (Å²) >= 11 is 3.06. The number of halogens is 4. The van der Waals surface area contributed by atoms with Crippen molar-refractivity contribution in [3.63, 3.8) is 0 Å². The molecule has 0 spiro atoms. The molecular formula is C14H17BrF3N3. The smallest absolute Gasteiger partial charge is 0.365 e. The van der Waals surface area contributed by atoms with Crippen LogP contribution in [0.25, 0.3) is 0 Å². The number of anilines is 1. The van der Waals surface area contributed by atoms with E-state index in [1.165, 1.54) is 12.6 Å². The normalized spacial score (nSPS) is 26.7. The SMILES string of the molecule is FC(F)(F)c1cc(Br)cnc1NC1CCN2CCCCC12. The number of pyridine rings is 1. The van der Waals surface area contributed by atoms with Crippen LogP contribution in [0.5, 0.6) is 0 Å². The molecule has 2 aliphatic rings. The summed E-state index contributed by atoms with van der Waals surface area (Å²) in [5, 5.41) is 3.05. The van der Waals surface area contributed by atoms with Crippen molar-refractivity contribution in [3.8, 4) is 0 Å². The molecule has 2 saturated heterocycles. The molecule has 0 radical (unpaired) electrons.